The van der Waals surface area contributed by atoms with E-state index in [9.17, 15) is 9.59 Å². The van der Waals surface area contributed by atoms with Crippen molar-refractivity contribution in [3.63, 3.8) is 0 Å². The van der Waals surface area contributed by atoms with E-state index in [-0.39, 0.29) is 17.7 Å². The van der Waals surface area contributed by atoms with Crippen LogP contribution < -0.4 is 20.1 Å². The number of para-hydroxylation sites is 1. The molecule has 2 N–H and O–H groups in total. The third kappa shape index (κ3) is 2.18. The van der Waals surface area contributed by atoms with E-state index >= 15 is 0 Å². The van der Waals surface area contributed by atoms with Crippen LogP contribution in [0.2, 0.25) is 5.02 Å². The molecule has 0 spiro atoms. The second-order valence-electron chi connectivity index (χ2n) is 5.62. The highest BCUT2D eigenvalue weighted by Gasteiger charge is 2.38. The van der Waals surface area contributed by atoms with Crippen molar-refractivity contribution in [2.75, 3.05) is 11.7 Å². The quantitative estimate of drug-likeness (QED) is 0.904. The van der Waals surface area contributed by atoms with Gasteiger partial charge < -0.3 is 15.2 Å². The zero-order valence-electron chi connectivity index (χ0n) is 12.5. The van der Waals surface area contributed by atoms with E-state index in [4.69, 9.17) is 26.8 Å². The molecule has 6 nitrogen and oxygen atoms in total. The predicted octanol–water partition coefficient (Wildman–Crippen LogP) is 2.13. The van der Waals surface area contributed by atoms with Crippen molar-refractivity contribution < 1.29 is 19.1 Å². The lowest BCUT2D eigenvalue weighted by Gasteiger charge is -2.23. The number of nitrogens with two attached hydrogens (primary N) is 1. The summed E-state index contributed by atoms with van der Waals surface area (Å²) < 4.78 is 10.6. The molecule has 0 saturated carbocycles. The highest BCUT2D eigenvalue weighted by atomic mass is 35.5. The maximum atomic E-state index is 13.0. The number of anilines is 1. The van der Waals surface area contributed by atoms with Crippen LogP contribution >= 0.6 is 11.6 Å². The molecule has 0 saturated heterocycles. The molecular weight excluding hydrogens is 332 g/mol. The fourth-order valence-electron chi connectivity index (χ4n) is 3.09. The summed E-state index contributed by atoms with van der Waals surface area (Å²) in [4.78, 5) is 26.3. The summed E-state index contributed by atoms with van der Waals surface area (Å²) in [6.45, 7) is 0.0587. The highest BCUT2D eigenvalue weighted by molar-refractivity contribution is 6.33. The number of primary amides is 1. The van der Waals surface area contributed by atoms with Crippen molar-refractivity contribution >= 4 is 29.1 Å². The maximum Gasteiger partial charge on any atom is 0.259 e. The highest BCUT2D eigenvalue weighted by Crippen LogP contribution is 2.41. The van der Waals surface area contributed by atoms with Crippen LogP contribution in [0.5, 0.6) is 11.5 Å². The Balaban J connectivity index is 1.78. The molecule has 24 heavy (non-hydrogen) atoms. The van der Waals surface area contributed by atoms with E-state index < -0.39 is 11.9 Å². The number of benzene rings is 2. The predicted molar refractivity (Wildman–Crippen MR) is 87.5 cm³/mol. The summed E-state index contributed by atoms with van der Waals surface area (Å²) in [6, 6.07) is 9.71. The monoisotopic (exact) mass is 344 g/mol. The zero-order valence-corrected chi connectivity index (χ0v) is 13.2. The number of carbonyl (C=O) groups is 2. The molecule has 0 fully saturated rings. The minimum Gasteiger partial charge on any atom is -0.454 e. The average molecular weight is 345 g/mol. The van der Waals surface area contributed by atoms with Crippen LogP contribution in [-0.4, -0.2) is 24.6 Å². The smallest absolute Gasteiger partial charge is 0.259 e. The Morgan fingerprint density at radius 2 is 2.00 bits per heavy atom. The van der Waals surface area contributed by atoms with Crippen LogP contribution in [0.15, 0.2) is 36.4 Å². The molecule has 0 aliphatic carbocycles. The van der Waals surface area contributed by atoms with Gasteiger partial charge in [0.05, 0.1) is 5.02 Å². The molecule has 2 aliphatic heterocycles. The van der Waals surface area contributed by atoms with Crippen molar-refractivity contribution in [3.8, 4) is 11.5 Å². The van der Waals surface area contributed by atoms with E-state index in [2.05, 4.69) is 0 Å². The van der Waals surface area contributed by atoms with Gasteiger partial charge in [-0.1, -0.05) is 29.8 Å². The fourth-order valence-corrected chi connectivity index (χ4v) is 3.36. The zero-order chi connectivity index (χ0) is 16.8. The van der Waals surface area contributed by atoms with Crippen LogP contribution in [0.1, 0.15) is 15.9 Å². The van der Waals surface area contributed by atoms with Crippen LogP contribution in [0, 0.1) is 0 Å². The largest absolute Gasteiger partial charge is 0.454 e. The standard InChI is InChI=1S/C17H13ClN2O4/c18-11-5-10(7-14-15(11)24-8-23-14)17(22)20-12-4-2-1-3-9(12)6-13(20)16(19)21/h1-5,7,13H,6,8H2,(H2,19,21)/t13-/m0/s1. The Kier molecular flexibility index (Phi) is 3.35. The summed E-state index contributed by atoms with van der Waals surface area (Å²) in [5.74, 6) is -0.0780. The number of rotatable bonds is 2. The molecule has 2 heterocycles. The number of ether oxygens (including phenoxy) is 2. The van der Waals surface area contributed by atoms with E-state index in [1.807, 2.05) is 18.2 Å². The number of nitrogens with zero attached hydrogens (tertiary/aromatic N) is 1. The molecule has 2 aromatic carbocycles. The van der Waals surface area contributed by atoms with Gasteiger partial charge in [-0.15, -0.1) is 0 Å². The summed E-state index contributed by atoms with van der Waals surface area (Å²) in [6.07, 6.45) is 0.398. The number of hydrogen-bond acceptors (Lipinski definition) is 4. The van der Waals surface area contributed by atoms with E-state index in [1.165, 1.54) is 11.0 Å². The minimum atomic E-state index is -0.723. The maximum absolute atomic E-state index is 13.0. The topological polar surface area (TPSA) is 81.9 Å². The molecule has 2 amide bonds. The van der Waals surface area contributed by atoms with Crippen LogP contribution in [0.25, 0.3) is 0 Å². The Bertz CT molecular complexity index is 868. The van der Waals surface area contributed by atoms with Gasteiger partial charge in [0.25, 0.3) is 5.91 Å². The summed E-state index contributed by atoms with van der Waals surface area (Å²) in [5, 5.41) is 0.288. The van der Waals surface area contributed by atoms with Crippen molar-refractivity contribution in [3.05, 3.63) is 52.5 Å². The van der Waals surface area contributed by atoms with Gasteiger partial charge in [0.15, 0.2) is 11.5 Å². The van der Waals surface area contributed by atoms with Gasteiger partial charge >= 0.3 is 0 Å². The number of carbonyl (C=O) groups excluding carboxylic acids is 2. The second kappa shape index (κ2) is 5.42. The number of hydrogen-bond donors (Lipinski definition) is 1. The molecule has 122 valence electrons. The molecule has 2 aliphatic rings. The van der Waals surface area contributed by atoms with Crippen LogP contribution in [-0.2, 0) is 11.2 Å². The van der Waals surface area contributed by atoms with E-state index in [0.717, 1.165) is 5.56 Å². The van der Waals surface area contributed by atoms with Gasteiger partial charge in [-0.3, -0.25) is 14.5 Å². The first-order valence-corrected chi connectivity index (χ1v) is 7.74. The molecule has 0 bridgehead atoms. The van der Waals surface area contributed by atoms with E-state index in [0.29, 0.717) is 29.2 Å². The Labute approximate surface area is 142 Å². The first kappa shape index (κ1) is 14.8. The van der Waals surface area contributed by atoms with Crippen molar-refractivity contribution in [2.45, 2.75) is 12.5 Å². The number of halogens is 1. The fraction of sp³-hybridized carbons (Fsp3) is 0.176. The lowest BCUT2D eigenvalue weighted by Crippen LogP contribution is -2.46. The van der Waals surface area contributed by atoms with Crippen molar-refractivity contribution in [1.82, 2.24) is 0 Å². The van der Waals surface area contributed by atoms with Gasteiger partial charge in [-0.05, 0) is 23.8 Å². The lowest BCUT2D eigenvalue weighted by atomic mass is 10.1. The molecule has 0 radical (unpaired) electrons. The Hall–Kier alpha value is -2.73. The van der Waals surface area contributed by atoms with E-state index in [1.54, 1.807) is 12.1 Å². The molecule has 4 rings (SSSR count). The first-order chi connectivity index (χ1) is 11.6. The third-order valence-electron chi connectivity index (χ3n) is 4.20. The first-order valence-electron chi connectivity index (χ1n) is 7.36. The lowest BCUT2D eigenvalue weighted by molar-refractivity contribution is -0.119. The Morgan fingerprint density at radius 3 is 2.79 bits per heavy atom. The van der Waals surface area contributed by atoms with Crippen molar-refractivity contribution in [1.29, 1.82) is 0 Å². The summed E-state index contributed by atoms with van der Waals surface area (Å²) in [7, 11) is 0. The van der Waals surface area contributed by atoms with Crippen LogP contribution in [0.4, 0.5) is 5.69 Å². The Morgan fingerprint density at radius 1 is 1.21 bits per heavy atom. The molecule has 0 unspecified atom stereocenters. The summed E-state index contributed by atoms with van der Waals surface area (Å²) >= 11 is 6.16. The van der Waals surface area contributed by atoms with Crippen LogP contribution in [0.3, 0.4) is 0 Å². The van der Waals surface area contributed by atoms with Gasteiger partial charge in [-0.25, -0.2) is 0 Å². The molecule has 7 heteroatoms. The van der Waals surface area contributed by atoms with Gasteiger partial charge in [0, 0.05) is 17.7 Å². The number of amides is 2. The second-order valence-corrected chi connectivity index (χ2v) is 6.03. The third-order valence-corrected chi connectivity index (χ3v) is 4.48. The minimum absolute atomic E-state index is 0.0587. The SMILES string of the molecule is NC(=O)[C@@H]1Cc2ccccc2N1C(=O)c1cc(Cl)c2c(c1)OCO2. The molecule has 1 atom stereocenters. The molecule has 0 aromatic heterocycles. The van der Waals surface area contributed by atoms with Crippen molar-refractivity contribution in [2.24, 2.45) is 5.73 Å². The normalized spacial score (nSPS) is 17.7. The molecular formula is C17H13ClN2O4. The van der Waals surface area contributed by atoms with Gasteiger partial charge in [-0.2, -0.15) is 0 Å². The van der Waals surface area contributed by atoms with Gasteiger partial charge in [0.2, 0.25) is 12.7 Å². The number of fused-ring (bicyclic) bond motifs is 2. The average Bonchev–Trinajstić information content (AvgIpc) is 3.18. The molecule has 2 aromatic rings. The summed E-state index contributed by atoms with van der Waals surface area (Å²) in [5.41, 5.74) is 7.40. The van der Waals surface area contributed by atoms with Gasteiger partial charge in [0.1, 0.15) is 6.04 Å².